The predicted octanol–water partition coefficient (Wildman–Crippen LogP) is 1.38. The van der Waals surface area contributed by atoms with Crippen LogP contribution in [0.2, 0.25) is 0 Å². The molecule has 19 heavy (non-hydrogen) atoms. The quantitative estimate of drug-likeness (QED) is 0.699. The molecule has 0 aromatic carbocycles. The van der Waals surface area contributed by atoms with Gasteiger partial charge in [-0.1, -0.05) is 0 Å². The molecule has 4 nitrogen and oxygen atoms in total. The van der Waals surface area contributed by atoms with Gasteiger partial charge in [-0.3, -0.25) is 0 Å². The fourth-order valence-corrected chi connectivity index (χ4v) is 2.94. The molecular weight excluding hydrogens is 240 g/mol. The zero-order valence-corrected chi connectivity index (χ0v) is 12.5. The van der Waals surface area contributed by atoms with Gasteiger partial charge in [-0.05, 0) is 59.0 Å². The van der Waals surface area contributed by atoms with Crippen molar-refractivity contribution in [1.82, 2.24) is 10.2 Å². The standard InChI is InChI=1S/C15H30N2O2/c1-15(12-18,16-13-4-5-13)8-3-9-17(2)14-6-10-19-11-7-14/h13-14,16,18H,3-12H2,1-2H3. The molecule has 1 atom stereocenters. The van der Waals surface area contributed by atoms with Crippen LogP contribution in [0.1, 0.15) is 45.4 Å². The second-order valence-electron chi connectivity index (χ2n) is 6.57. The minimum atomic E-state index is -0.0856. The Morgan fingerprint density at radius 3 is 2.53 bits per heavy atom. The lowest BCUT2D eigenvalue weighted by molar-refractivity contribution is 0.0414. The third kappa shape index (κ3) is 5.03. The lowest BCUT2D eigenvalue weighted by Crippen LogP contribution is -2.47. The summed E-state index contributed by atoms with van der Waals surface area (Å²) >= 11 is 0. The van der Waals surface area contributed by atoms with E-state index in [1.165, 1.54) is 12.8 Å². The molecule has 112 valence electrons. The lowest BCUT2D eigenvalue weighted by Gasteiger charge is -2.33. The molecule has 2 N–H and O–H groups in total. The Hall–Kier alpha value is -0.160. The predicted molar refractivity (Wildman–Crippen MR) is 77.4 cm³/mol. The van der Waals surface area contributed by atoms with E-state index in [4.69, 9.17) is 4.74 Å². The van der Waals surface area contributed by atoms with Crippen molar-refractivity contribution in [2.75, 3.05) is 33.4 Å². The van der Waals surface area contributed by atoms with Crippen molar-refractivity contribution < 1.29 is 9.84 Å². The summed E-state index contributed by atoms with van der Waals surface area (Å²) in [5.74, 6) is 0. The van der Waals surface area contributed by atoms with E-state index in [0.29, 0.717) is 12.1 Å². The van der Waals surface area contributed by atoms with Crippen LogP contribution in [0.3, 0.4) is 0 Å². The molecule has 1 unspecified atom stereocenters. The van der Waals surface area contributed by atoms with E-state index in [2.05, 4.69) is 24.2 Å². The molecule has 1 saturated carbocycles. The average molecular weight is 270 g/mol. The van der Waals surface area contributed by atoms with Crippen LogP contribution in [0.15, 0.2) is 0 Å². The van der Waals surface area contributed by atoms with E-state index in [-0.39, 0.29) is 12.1 Å². The van der Waals surface area contributed by atoms with Gasteiger partial charge in [0, 0.05) is 30.8 Å². The van der Waals surface area contributed by atoms with Gasteiger partial charge in [-0.25, -0.2) is 0 Å². The molecule has 0 aromatic heterocycles. The summed E-state index contributed by atoms with van der Waals surface area (Å²) in [6, 6.07) is 1.34. The topological polar surface area (TPSA) is 44.7 Å². The lowest BCUT2D eigenvalue weighted by atomic mass is 9.96. The smallest absolute Gasteiger partial charge is 0.0610 e. The van der Waals surface area contributed by atoms with Crippen molar-refractivity contribution in [2.24, 2.45) is 0 Å². The van der Waals surface area contributed by atoms with Crippen LogP contribution in [0, 0.1) is 0 Å². The van der Waals surface area contributed by atoms with E-state index < -0.39 is 0 Å². The molecule has 0 bridgehead atoms. The van der Waals surface area contributed by atoms with E-state index in [0.717, 1.165) is 45.4 Å². The van der Waals surface area contributed by atoms with Gasteiger partial charge < -0.3 is 20.1 Å². The molecule has 0 spiro atoms. The van der Waals surface area contributed by atoms with Crippen LogP contribution in [0.25, 0.3) is 0 Å². The zero-order chi connectivity index (χ0) is 13.7. The molecular formula is C15H30N2O2. The number of aliphatic hydroxyl groups excluding tert-OH is 1. The molecule has 0 aromatic rings. The van der Waals surface area contributed by atoms with Gasteiger partial charge in [0.15, 0.2) is 0 Å². The third-order valence-corrected chi connectivity index (χ3v) is 4.53. The van der Waals surface area contributed by atoms with E-state index in [1.54, 1.807) is 0 Å². The molecule has 0 amide bonds. The molecule has 1 heterocycles. The highest BCUT2D eigenvalue weighted by Crippen LogP contribution is 2.24. The van der Waals surface area contributed by atoms with E-state index in [1.807, 2.05) is 0 Å². The Labute approximate surface area is 117 Å². The monoisotopic (exact) mass is 270 g/mol. The van der Waals surface area contributed by atoms with Crippen LogP contribution in [0.5, 0.6) is 0 Å². The highest BCUT2D eigenvalue weighted by Gasteiger charge is 2.31. The van der Waals surface area contributed by atoms with Crippen LogP contribution >= 0.6 is 0 Å². The van der Waals surface area contributed by atoms with Crippen LogP contribution in [0.4, 0.5) is 0 Å². The summed E-state index contributed by atoms with van der Waals surface area (Å²) in [5.41, 5.74) is -0.0856. The summed E-state index contributed by atoms with van der Waals surface area (Å²) < 4.78 is 5.41. The Balaban J connectivity index is 1.65. The Kier molecular flexibility index (Phi) is 5.63. The molecule has 2 fully saturated rings. The molecule has 0 radical (unpaired) electrons. The van der Waals surface area contributed by atoms with Gasteiger partial charge in [-0.15, -0.1) is 0 Å². The maximum absolute atomic E-state index is 9.58. The number of hydrogen-bond donors (Lipinski definition) is 2. The maximum atomic E-state index is 9.58. The largest absolute Gasteiger partial charge is 0.394 e. The Morgan fingerprint density at radius 1 is 1.26 bits per heavy atom. The normalized spacial score (nSPS) is 24.6. The molecule has 1 saturated heterocycles. The first-order valence-electron chi connectivity index (χ1n) is 7.79. The first kappa shape index (κ1) is 15.2. The van der Waals surface area contributed by atoms with Crippen molar-refractivity contribution in [3.63, 3.8) is 0 Å². The minimum Gasteiger partial charge on any atom is -0.394 e. The van der Waals surface area contributed by atoms with Gasteiger partial charge in [0.2, 0.25) is 0 Å². The minimum absolute atomic E-state index is 0.0856. The number of nitrogens with one attached hydrogen (secondary N) is 1. The average Bonchev–Trinajstić information content (AvgIpc) is 3.23. The zero-order valence-electron chi connectivity index (χ0n) is 12.5. The summed E-state index contributed by atoms with van der Waals surface area (Å²) in [4.78, 5) is 2.47. The maximum Gasteiger partial charge on any atom is 0.0610 e. The van der Waals surface area contributed by atoms with Gasteiger partial charge in [0.25, 0.3) is 0 Å². The molecule has 2 rings (SSSR count). The number of ether oxygens (including phenoxy) is 1. The fraction of sp³-hybridized carbons (Fsp3) is 1.00. The second kappa shape index (κ2) is 7.02. The van der Waals surface area contributed by atoms with Gasteiger partial charge in [-0.2, -0.15) is 0 Å². The van der Waals surface area contributed by atoms with Crippen molar-refractivity contribution in [2.45, 2.75) is 63.1 Å². The van der Waals surface area contributed by atoms with Gasteiger partial charge >= 0.3 is 0 Å². The van der Waals surface area contributed by atoms with Crippen molar-refractivity contribution >= 4 is 0 Å². The van der Waals surface area contributed by atoms with Gasteiger partial charge in [0.05, 0.1) is 6.61 Å². The summed E-state index contributed by atoms with van der Waals surface area (Å²) in [7, 11) is 2.22. The third-order valence-electron chi connectivity index (χ3n) is 4.53. The number of hydrogen-bond acceptors (Lipinski definition) is 4. The highest BCUT2D eigenvalue weighted by molar-refractivity contribution is 4.92. The van der Waals surface area contributed by atoms with Crippen molar-refractivity contribution in [1.29, 1.82) is 0 Å². The summed E-state index contributed by atoms with van der Waals surface area (Å²) in [5, 5.41) is 13.2. The van der Waals surface area contributed by atoms with Crippen LogP contribution in [-0.4, -0.2) is 61.0 Å². The SMILES string of the molecule is CN(CCCC(C)(CO)NC1CC1)C1CCOCC1. The van der Waals surface area contributed by atoms with Crippen LogP contribution < -0.4 is 5.32 Å². The number of aliphatic hydroxyl groups is 1. The molecule has 2 aliphatic rings. The molecule has 1 aliphatic carbocycles. The van der Waals surface area contributed by atoms with E-state index >= 15 is 0 Å². The van der Waals surface area contributed by atoms with Gasteiger partial charge in [0.1, 0.15) is 0 Å². The fourth-order valence-electron chi connectivity index (χ4n) is 2.94. The first-order chi connectivity index (χ1) is 9.13. The Bertz CT molecular complexity index is 265. The summed E-state index contributed by atoms with van der Waals surface area (Å²) in [6.07, 6.45) is 7.06. The van der Waals surface area contributed by atoms with Crippen LogP contribution in [-0.2, 0) is 4.74 Å². The first-order valence-corrected chi connectivity index (χ1v) is 7.79. The van der Waals surface area contributed by atoms with E-state index in [9.17, 15) is 5.11 Å². The second-order valence-corrected chi connectivity index (χ2v) is 6.57. The summed E-state index contributed by atoms with van der Waals surface area (Å²) in [6.45, 7) is 5.33. The number of nitrogens with zero attached hydrogens (tertiary/aromatic N) is 1. The molecule has 1 aliphatic heterocycles. The number of rotatable bonds is 8. The highest BCUT2D eigenvalue weighted by atomic mass is 16.5. The Morgan fingerprint density at radius 2 is 1.95 bits per heavy atom. The van der Waals surface area contributed by atoms with Crippen molar-refractivity contribution in [3.8, 4) is 0 Å². The van der Waals surface area contributed by atoms with Crippen molar-refractivity contribution in [3.05, 3.63) is 0 Å². The molecule has 4 heteroatoms.